The number of carbonyl (C=O) groups is 1. The molecular formula is C28H23NO6. The molecule has 0 saturated heterocycles. The van der Waals surface area contributed by atoms with E-state index in [2.05, 4.69) is 4.98 Å². The maximum absolute atomic E-state index is 13.5. The quantitative estimate of drug-likeness (QED) is 0.315. The third kappa shape index (κ3) is 4.01. The average molecular weight is 469 g/mol. The summed E-state index contributed by atoms with van der Waals surface area (Å²) >= 11 is 0. The number of hydrogen-bond acceptors (Lipinski definition) is 6. The van der Waals surface area contributed by atoms with Crippen LogP contribution in [0, 0.1) is 6.92 Å². The highest BCUT2D eigenvalue weighted by Crippen LogP contribution is 2.37. The zero-order valence-electron chi connectivity index (χ0n) is 19.5. The molecule has 3 aromatic carbocycles. The lowest BCUT2D eigenvalue weighted by molar-refractivity contribution is 0.0922. The Balaban J connectivity index is 1.59. The van der Waals surface area contributed by atoms with E-state index in [0.717, 1.165) is 16.5 Å². The number of aryl methyl sites for hydroxylation is 1. The van der Waals surface area contributed by atoms with Gasteiger partial charge in [0.25, 0.3) is 0 Å². The molecule has 5 rings (SSSR count). The maximum Gasteiger partial charge on any atom is 0.235 e. The van der Waals surface area contributed by atoms with Crippen molar-refractivity contribution in [3.05, 3.63) is 88.2 Å². The van der Waals surface area contributed by atoms with Gasteiger partial charge in [0, 0.05) is 28.2 Å². The van der Waals surface area contributed by atoms with Crippen LogP contribution in [-0.4, -0.2) is 31.6 Å². The Labute approximate surface area is 200 Å². The summed E-state index contributed by atoms with van der Waals surface area (Å²) < 4.78 is 22.8. The molecule has 0 saturated carbocycles. The summed E-state index contributed by atoms with van der Waals surface area (Å²) in [5.74, 6) is 0.914. The van der Waals surface area contributed by atoms with Gasteiger partial charge in [-0.1, -0.05) is 24.3 Å². The minimum Gasteiger partial charge on any atom is -0.493 e. The van der Waals surface area contributed by atoms with Crippen molar-refractivity contribution in [3.8, 4) is 28.6 Å². The predicted octanol–water partition coefficient (Wildman–Crippen LogP) is 5.53. The number of ketones is 1. The number of carbonyl (C=O) groups excluding carboxylic acids is 1. The number of hydrogen-bond donors (Lipinski definition) is 1. The molecule has 0 fully saturated rings. The minimum atomic E-state index is -0.359. The van der Waals surface area contributed by atoms with E-state index in [-0.39, 0.29) is 29.3 Å². The monoisotopic (exact) mass is 469 g/mol. The van der Waals surface area contributed by atoms with E-state index in [1.807, 2.05) is 37.3 Å². The topological polar surface area (TPSA) is 90.8 Å². The normalized spacial score (nSPS) is 11.1. The molecule has 0 unspecified atom stereocenters. The summed E-state index contributed by atoms with van der Waals surface area (Å²) in [6.45, 7) is 1.59. The predicted molar refractivity (Wildman–Crippen MR) is 134 cm³/mol. The standard InChI is InChI=1S/C28H23NO6/c1-16-8-10-19-24(12-16)35-27(17-9-11-23(32-2)25(13-17)33-3)28(26(19)31)34-15-22(30)20-14-29-21-7-5-4-6-18(20)21/h4-14,29H,15H2,1-3H3. The fourth-order valence-corrected chi connectivity index (χ4v) is 4.10. The van der Waals surface area contributed by atoms with Crippen LogP contribution in [0.3, 0.4) is 0 Å². The molecule has 7 heteroatoms. The molecule has 176 valence electrons. The number of rotatable bonds is 7. The number of aromatic nitrogens is 1. The van der Waals surface area contributed by atoms with Gasteiger partial charge < -0.3 is 23.6 Å². The number of fused-ring (bicyclic) bond motifs is 2. The van der Waals surface area contributed by atoms with E-state index in [0.29, 0.717) is 33.6 Å². The molecule has 0 bridgehead atoms. The van der Waals surface area contributed by atoms with Crippen molar-refractivity contribution >= 4 is 27.7 Å². The van der Waals surface area contributed by atoms with Crippen LogP contribution in [0.15, 0.2) is 76.1 Å². The highest BCUT2D eigenvalue weighted by atomic mass is 16.5. The highest BCUT2D eigenvalue weighted by molar-refractivity contribution is 6.08. The molecule has 0 aliphatic carbocycles. The second-order valence-electron chi connectivity index (χ2n) is 8.12. The fraction of sp³-hybridized carbons (Fsp3) is 0.143. The van der Waals surface area contributed by atoms with Gasteiger partial charge in [0.05, 0.1) is 19.6 Å². The van der Waals surface area contributed by atoms with Gasteiger partial charge in [-0.2, -0.15) is 0 Å². The van der Waals surface area contributed by atoms with Gasteiger partial charge in [-0.25, -0.2) is 0 Å². The molecule has 0 aliphatic heterocycles. The van der Waals surface area contributed by atoms with E-state index >= 15 is 0 Å². The first kappa shape index (κ1) is 22.3. The molecule has 2 heterocycles. The Morgan fingerprint density at radius 2 is 1.74 bits per heavy atom. The Morgan fingerprint density at radius 3 is 2.54 bits per heavy atom. The molecule has 1 N–H and O–H groups in total. The number of H-pyrrole nitrogens is 1. The van der Waals surface area contributed by atoms with E-state index in [4.69, 9.17) is 18.6 Å². The van der Waals surface area contributed by atoms with Crippen molar-refractivity contribution in [1.82, 2.24) is 4.98 Å². The SMILES string of the molecule is COc1ccc(-c2oc3cc(C)ccc3c(=O)c2OCC(=O)c2c[nH]c3ccccc23)cc1OC. The van der Waals surface area contributed by atoms with Crippen molar-refractivity contribution in [2.45, 2.75) is 6.92 Å². The zero-order valence-corrected chi connectivity index (χ0v) is 19.5. The fourth-order valence-electron chi connectivity index (χ4n) is 4.10. The van der Waals surface area contributed by atoms with Crippen molar-refractivity contribution in [2.75, 3.05) is 20.8 Å². The average Bonchev–Trinajstić information content (AvgIpc) is 3.31. The van der Waals surface area contributed by atoms with Crippen LogP contribution in [0.25, 0.3) is 33.2 Å². The summed E-state index contributed by atoms with van der Waals surface area (Å²) in [4.78, 5) is 29.6. The van der Waals surface area contributed by atoms with Crippen LogP contribution in [-0.2, 0) is 0 Å². The molecule has 35 heavy (non-hydrogen) atoms. The van der Waals surface area contributed by atoms with Crippen LogP contribution in [0.1, 0.15) is 15.9 Å². The van der Waals surface area contributed by atoms with Gasteiger partial charge in [-0.15, -0.1) is 0 Å². The molecule has 2 aromatic heterocycles. The van der Waals surface area contributed by atoms with Gasteiger partial charge in [0.15, 0.2) is 23.9 Å². The van der Waals surface area contributed by atoms with Crippen LogP contribution in [0.2, 0.25) is 0 Å². The van der Waals surface area contributed by atoms with Crippen LogP contribution in [0.5, 0.6) is 17.2 Å². The zero-order chi connectivity index (χ0) is 24.5. The number of nitrogens with one attached hydrogen (secondary N) is 1. The number of aromatic amines is 1. The number of benzene rings is 3. The lowest BCUT2D eigenvalue weighted by Crippen LogP contribution is -2.17. The summed E-state index contributed by atoms with van der Waals surface area (Å²) in [7, 11) is 3.07. The first-order valence-corrected chi connectivity index (χ1v) is 11.0. The summed E-state index contributed by atoms with van der Waals surface area (Å²) in [6, 6.07) is 18.0. The Morgan fingerprint density at radius 1 is 0.943 bits per heavy atom. The third-order valence-corrected chi connectivity index (χ3v) is 5.89. The summed E-state index contributed by atoms with van der Waals surface area (Å²) in [6.07, 6.45) is 1.65. The Hall–Kier alpha value is -4.52. The second-order valence-corrected chi connectivity index (χ2v) is 8.12. The Kier molecular flexibility index (Phi) is 5.74. The van der Waals surface area contributed by atoms with Gasteiger partial charge >= 0.3 is 0 Å². The first-order chi connectivity index (χ1) is 17.0. The number of ether oxygens (including phenoxy) is 3. The summed E-state index contributed by atoms with van der Waals surface area (Å²) in [5, 5.41) is 1.16. The second kappa shape index (κ2) is 9.02. The van der Waals surface area contributed by atoms with Gasteiger partial charge in [-0.05, 0) is 48.9 Å². The van der Waals surface area contributed by atoms with Crippen molar-refractivity contribution in [3.63, 3.8) is 0 Å². The third-order valence-electron chi connectivity index (χ3n) is 5.89. The molecule has 0 radical (unpaired) electrons. The van der Waals surface area contributed by atoms with Crippen molar-refractivity contribution in [1.29, 1.82) is 0 Å². The molecule has 0 amide bonds. The smallest absolute Gasteiger partial charge is 0.235 e. The van der Waals surface area contributed by atoms with Crippen molar-refractivity contribution in [2.24, 2.45) is 0 Å². The molecule has 5 aromatic rings. The van der Waals surface area contributed by atoms with E-state index in [9.17, 15) is 9.59 Å². The summed E-state index contributed by atoms with van der Waals surface area (Å²) in [5.41, 5.74) is 2.91. The molecular weight excluding hydrogens is 446 g/mol. The van der Waals surface area contributed by atoms with Crippen LogP contribution >= 0.6 is 0 Å². The Bertz CT molecular complexity index is 1630. The van der Waals surface area contributed by atoms with Crippen LogP contribution in [0.4, 0.5) is 0 Å². The van der Waals surface area contributed by atoms with Crippen molar-refractivity contribution < 1.29 is 23.4 Å². The molecule has 0 spiro atoms. The number of Topliss-reactive ketones (excluding diaryl/α,β-unsaturated/α-hetero) is 1. The number of methoxy groups -OCH3 is 2. The largest absolute Gasteiger partial charge is 0.493 e. The van der Waals surface area contributed by atoms with Crippen LogP contribution < -0.4 is 19.6 Å². The maximum atomic E-state index is 13.5. The minimum absolute atomic E-state index is 0.0400. The lowest BCUT2D eigenvalue weighted by atomic mass is 10.1. The first-order valence-electron chi connectivity index (χ1n) is 11.0. The van der Waals surface area contributed by atoms with Gasteiger partial charge in [-0.3, -0.25) is 9.59 Å². The van der Waals surface area contributed by atoms with E-state index in [1.165, 1.54) is 7.11 Å². The van der Waals surface area contributed by atoms with E-state index < -0.39 is 0 Å². The number of para-hydroxylation sites is 1. The molecule has 0 atom stereocenters. The van der Waals surface area contributed by atoms with Gasteiger partial charge in [0.2, 0.25) is 17.0 Å². The van der Waals surface area contributed by atoms with E-state index in [1.54, 1.807) is 43.6 Å². The molecule has 0 aliphatic rings. The van der Waals surface area contributed by atoms with Gasteiger partial charge in [0.1, 0.15) is 5.58 Å². The molecule has 7 nitrogen and oxygen atoms in total. The lowest BCUT2D eigenvalue weighted by Gasteiger charge is -2.13. The highest BCUT2D eigenvalue weighted by Gasteiger charge is 2.21.